The molecule has 26 heavy (non-hydrogen) atoms. The lowest BCUT2D eigenvalue weighted by Gasteiger charge is -2.17. The number of aryl methyl sites for hydroxylation is 3. The molecule has 1 aliphatic rings. The van der Waals surface area contributed by atoms with Crippen LogP contribution in [-0.2, 0) is 15.0 Å². The highest BCUT2D eigenvalue weighted by atomic mass is 35.5. The van der Waals surface area contributed by atoms with E-state index in [1.165, 1.54) is 0 Å². The Morgan fingerprint density at radius 2 is 1.62 bits per heavy atom. The lowest BCUT2D eigenvalue weighted by Crippen LogP contribution is -2.39. The minimum Gasteiger partial charge on any atom is -0.346 e. The van der Waals surface area contributed by atoms with Crippen molar-refractivity contribution in [3.05, 3.63) is 63.7 Å². The molecule has 0 unspecified atom stereocenters. The maximum Gasteiger partial charge on any atom is 0.243 e. The first-order chi connectivity index (χ1) is 12.3. The second kappa shape index (κ2) is 7.12. The molecule has 1 saturated carbocycles. The third kappa shape index (κ3) is 3.75. The summed E-state index contributed by atoms with van der Waals surface area (Å²) in [7, 11) is 0. The third-order valence-corrected chi connectivity index (χ3v) is 5.18. The molecule has 0 spiro atoms. The molecule has 4 nitrogen and oxygen atoms in total. The van der Waals surface area contributed by atoms with Crippen LogP contribution in [0.3, 0.4) is 0 Å². The number of hydrogen-bond acceptors (Lipinski definition) is 2. The first-order valence-corrected chi connectivity index (χ1v) is 9.12. The van der Waals surface area contributed by atoms with Gasteiger partial charge in [-0.25, -0.2) is 0 Å². The molecule has 2 aromatic carbocycles. The van der Waals surface area contributed by atoms with Gasteiger partial charge in [0.05, 0.1) is 12.0 Å². The molecule has 136 valence electrons. The first kappa shape index (κ1) is 18.5. The minimum absolute atomic E-state index is 0.0407. The van der Waals surface area contributed by atoms with Crippen LogP contribution in [0.4, 0.5) is 5.69 Å². The molecule has 0 aliphatic heterocycles. The topological polar surface area (TPSA) is 58.2 Å². The molecule has 2 amide bonds. The largest absolute Gasteiger partial charge is 0.346 e. The molecule has 0 bridgehead atoms. The Balaban J connectivity index is 1.61. The fourth-order valence-corrected chi connectivity index (χ4v) is 3.56. The van der Waals surface area contributed by atoms with E-state index in [1.54, 1.807) is 12.1 Å². The number of halogens is 1. The lowest BCUT2D eigenvalue weighted by molar-refractivity contribution is -0.126. The predicted octanol–water partition coefficient (Wildman–Crippen LogP) is 4.05. The summed E-state index contributed by atoms with van der Waals surface area (Å²) in [6, 6.07) is 11.4. The highest BCUT2D eigenvalue weighted by Gasteiger charge is 2.51. The van der Waals surface area contributed by atoms with Crippen LogP contribution in [0.5, 0.6) is 0 Å². The molecular formula is C21H23ClN2O2. The van der Waals surface area contributed by atoms with Gasteiger partial charge in [-0.15, -0.1) is 0 Å². The average Bonchev–Trinajstić information content (AvgIpc) is 3.38. The van der Waals surface area contributed by atoms with Crippen molar-refractivity contribution >= 4 is 29.1 Å². The van der Waals surface area contributed by atoms with E-state index in [0.29, 0.717) is 5.02 Å². The van der Waals surface area contributed by atoms with Crippen LogP contribution in [0.15, 0.2) is 36.4 Å². The maximum atomic E-state index is 12.6. The second-order valence-corrected chi connectivity index (χ2v) is 7.53. The van der Waals surface area contributed by atoms with E-state index in [1.807, 2.05) is 45.0 Å². The van der Waals surface area contributed by atoms with Crippen LogP contribution in [0, 0.1) is 20.8 Å². The van der Waals surface area contributed by atoms with E-state index < -0.39 is 5.41 Å². The van der Waals surface area contributed by atoms with Gasteiger partial charge in [0.15, 0.2) is 0 Å². The quantitative estimate of drug-likeness (QED) is 0.834. The second-order valence-electron chi connectivity index (χ2n) is 7.09. The van der Waals surface area contributed by atoms with Crippen molar-refractivity contribution in [1.82, 2.24) is 5.32 Å². The first-order valence-electron chi connectivity index (χ1n) is 8.74. The highest BCUT2D eigenvalue weighted by Crippen LogP contribution is 2.48. The van der Waals surface area contributed by atoms with Crippen LogP contribution in [-0.4, -0.2) is 18.4 Å². The third-order valence-electron chi connectivity index (χ3n) is 4.93. The van der Waals surface area contributed by atoms with Crippen molar-refractivity contribution in [2.45, 2.75) is 39.0 Å². The Kier molecular flexibility index (Phi) is 5.05. The Bertz CT molecular complexity index is 832. The summed E-state index contributed by atoms with van der Waals surface area (Å²) in [6.45, 7) is 5.92. The van der Waals surface area contributed by atoms with Crippen LogP contribution >= 0.6 is 11.6 Å². The number of nitrogens with one attached hydrogen (secondary N) is 2. The van der Waals surface area contributed by atoms with Gasteiger partial charge in [0.1, 0.15) is 0 Å². The number of benzene rings is 2. The minimum atomic E-state index is -0.513. The normalized spacial score (nSPS) is 14.6. The Labute approximate surface area is 158 Å². The molecule has 2 aromatic rings. The monoisotopic (exact) mass is 370 g/mol. The van der Waals surface area contributed by atoms with Crippen molar-refractivity contribution in [3.8, 4) is 0 Å². The van der Waals surface area contributed by atoms with E-state index in [4.69, 9.17) is 11.6 Å². The summed E-state index contributed by atoms with van der Waals surface area (Å²) in [6.07, 6.45) is 1.58. The van der Waals surface area contributed by atoms with Gasteiger partial charge in [-0.1, -0.05) is 41.4 Å². The molecule has 0 heterocycles. The Hall–Kier alpha value is -2.33. The van der Waals surface area contributed by atoms with E-state index in [2.05, 4.69) is 10.6 Å². The van der Waals surface area contributed by atoms with Gasteiger partial charge in [-0.05, 0) is 62.4 Å². The van der Waals surface area contributed by atoms with Gasteiger partial charge in [-0.2, -0.15) is 0 Å². The molecule has 2 N–H and O–H groups in total. The van der Waals surface area contributed by atoms with Crippen molar-refractivity contribution in [2.75, 3.05) is 11.9 Å². The van der Waals surface area contributed by atoms with Crippen LogP contribution in [0.2, 0.25) is 5.02 Å². The number of amides is 2. The molecular weight excluding hydrogens is 348 g/mol. The van der Waals surface area contributed by atoms with E-state index in [0.717, 1.165) is 40.8 Å². The molecule has 0 aromatic heterocycles. The Morgan fingerprint density at radius 3 is 2.15 bits per heavy atom. The standard InChI is InChI=1S/C21H23ClN2O2/c1-13-10-14(2)19(15(3)11-13)24-18(25)12-23-20(26)21(8-9-21)16-4-6-17(22)7-5-16/h4-7,10-11H,8-9,12H2,1-3H3,(H,23,26)(H,24,25). The zero-order chi connectivity index (χ0) is 18.9. The van der Waals surface area contributed by atoms with Crippen molar-refractivity contribution in [2.24, 2.45) is 0 Å². The number of anilines is 1. The molecule has 0 saturated heterocycles. The van der Waals surface area contributed by atoms with E-state index >= 15 is 0 Å². The summed E-state index contributed by atoms with van der Waals surface area (Å²) in [5, 5.41) is 6.34. The van der Waals surface area contributed by atoms with E-state index in [-0.39, 0.29) is 18.4 Å². The fraction of sp³-hybridized carbons (Fsp3) is 0.333. The van der Waals surface area contributed by atoms with Gasteiger partial charge in [0.25, 0.3) is 0 Å². The van der Waals surface area contributed by atoms with Crippen molar-refractivity contribution in [1.29, 1.82) is 0 Å². The summed E-state index contributed by atoms with van der Waals surface area (Å²) in [5.74, 6) is -0.326. The van der Waals surface area contributed by atoms with Gasteiger partial charge < -0.3 is 10.6 Å². The van der Waals surface area contributed by atoms with Crippen LogP contribution in [0.1, 0.15) is 35.1 Å². The molecule has 5 heteroatoms. The van der Waals surface area contributed by atoms with Crippen molar-refractivity contribution < 1.29 is 9.59 Å². The summed E-state index contributed by atoms with van der Waals surface area (Å²) >= 11 is 5.92. The SMILES string of the molecule is Cc1cc(C)c(NC(=O)CNC(=O)C2(c3ccc(Cl)cc3)CC2)c(C)c1. The summed E-state index contributed by atoms with van der Waals surface area (Å²) < 4.78 is 0. The van der Waals surface area contributed by atoms with Crippen LogP contribution in [0.25, 0.3) is 0 Å². The van der Waals surface area contributed by atoms with Gasteiger partial charge >= 0.3 is 0 Å². The number of rotatable bonds is 5. The van der Waals surface area contributed by atoms with E-state index in [9.17, 15) is 9.59 Å². The summed E-state index contributed by atoms with van der Waals surface area (Å²) in [4.78, 5) is 24.9. The number of carbonyl (C=O) groups excluding carboxylic acids is 2. The highest BCUT2D eigenvalue weighted by molar-refractivity contribution is 6.30. The number of carbonyl (C=O) groups is 2. The molecule has 1 fully saturated rings. The lowest BCUT2D eigenvalue weighted by atomic mass is 9.95. The molecule has 0 atom stereocenters. The summed E-state index contributed by atoms with van der Waals surface area (Å²) in [5.41, 5.74) is 4.44. The van der Waals surface area contributed by atoms with Crippen LogP contribution < -0.4 is 10.6 Å². The average molecular weight is 371 g/mol. The van der Waals surface area contributed by atoms with Gasteiger partial charge in [0, 0.05) is 10.7 Å². The predicted molar refractivity (Wildman–Crippen MR) is 105 cm³/mol. The molecule has 0 radical (unpaired) electrons. The number of hydrogen-bond donors (Lipinski definition) is 2. The zero-order valence-corrected chi connectivity index (χ0v) is 16.0. The molecule has 1 aliphatic carbocycles. The van der Waals surface area contributed by atoms with Crippen molar-refractivity contribution in [3.63, 3.8) is 0 Å². The Morgan fingerprint density at radius 1 is 1.04 bits per heavy atom. The fourth-order valence-electron chi connectivity index (χ4n) is 3.43. The van der Waals surface area contributed by atoms with Gasteiger partial charge in [-0.3, -0.25) is 9.59 Å². The smallest absolute Gasteiger partial charge is 0.243 e. The molecule has 3 rings (SSSR count). The van der Waals surface area contributed by atoms with Gasteiger partial charge in [0.2, 0.25) is 11.8 Å². The maximum absolute atomic E-state index is 12.6. The zero-order valence-electron chi connectivity index (χ0n) is 15.3.